The van der Waals surface area contributed by atoms with Crippen LogP contribution in [0.3, 0.4) is 0 Å². The molecule has 7 nitrogen and oxygen atoms in total. The monoisotopic (exact) mass is 486 g/mol. The van der Waals surface area contributed by atoms with Crippen LogP contribution in [0.2, 0.25) is 0 Å². The number of pyridine rings is 1. The minimum absolute atomic E-state index is 0.0812. The zero-order chi connectivity index (χ0) is 22.0. The van der Waals surface area contributed by atoms with E-state index in [4.69, 9.17) is 10.7 Å². The third kappa shape index (κ3) is 4.53. The minimum atomic E-state index is -0.317. The van der Waals surface area contributed by atoms with Crippen molar-refractivity contribution in [1.29, 1.82) is 0 Å². The molecule has 0 saturated heterocycles. The van der Waals surface area contributed by atoms with Crippen LogP contribution in [0.5, 0.6) is 0 Å². The number of benzene rings is 1. The van der Waals surface area contributed by atoms with Crippen LogP contribution >= 0.6 is 15.9 Å². The van der Waals surface area contributed by atoms with E-state index in [0.29, 0.717) is 39.1 Å². The zero-order valence-electron chi connectivity index (χ0n) is 17.1. The van der Waals surface area contributed by atoms with Crippen LogP contribution in [-0.2, 0) is 6.54 Å². The molecular weight excluding hydrogens is 463 g/mol. The molecule has 1 aromatic carbocycles. The van der Waals surface area contributed by atoms with Crippen molar-refractivity contribution in [2.24, 2.45) is 0 Å². The Morgan fingerprint density at radius 1 is 1.29 bits per heavy atom. The Labute approximate surface area is 187 Å². The van der Waals surface area contributed by atoms with E-state index in [1.54, 1.807) is 18.5 Å². The van der Waals surface area contributed by atoms with Gasteiger partial charge in [-0.15, -0.1) is 0 Å². The Balaban J connectivity index is 1.79. The first-order valence-electron chi connectivity index (χ1n) is 10.1. The summed E-state index contributed by atoms with van der Waals surface area (Å²) in [4.78, 5) is 9.25. The van der Waals surface area contributed by atoms with E-state index in [2.05, 4.69) is 36.4 Å². The van der Waals surface area contributed by atoms with E-state index in [1.165, 1.54) is 12.1 Å². The fourth-order valence-electron chi connectivity index (χ4n) is 3.69. The highest BCUT2D eigenvalue weighted by atomic mass is 79.9. The molecule has 0 aliphatic heterocycles. The van der Waals surface area contributed by atoms with Gasteiger partial charge in [0.25, 0.3) is 0 Å². The molecule has 1 aliphatic carbocycles. The smallest absolute Gasteiger partial charge is 0.133 e. The topological polar surface area (TPSA) is 113 Å². The number of rotatable bonds is 5. The Morgan fingerprint density at radius 3 is 2.81 bits per heavy atom. The molecule has 1 fully saturated rings. The molecule has 0 atom stereocenters. The van der Waals surface area contributed by atoms with Crippen molar-refractivity contribution >= 4 is 32.7 Å². The first-order chi connectivity index (χ1) is 14.9. The van der Waals surface area contributed by atoms with Gasteiger partial charge >= 0.3 is 0 Å². The quantitative estimate of drug-likeness (QED) is 0.434. The summed E-state index contributed by atoms with van der Waals surface area (Å²) in [6.45, 7) is 2.39. The lowest BCUT2D eigenvalue weighted by Gasteiger charge is -2.41. The predicted molar refractivity (Wildman–Crippen MR) is 122 cm³/mol. The number of H-pyrrole nitrogens is 1. The molecule has 2 heterocycles. The molecule has 0 radical (unpaired) electrons. The molecule has 1 aliphatic rings. The largest absolute Gasteiger partial charge is 0.394 e. The summed E-state index contributed by atoms with van der Waals surface area (Å²) in [5.41, 5.74) is 9.46. The van der Waals surface area contributed by atoms with Crippen LogP contribution < -0.4 is 11.1 Å². The molecule has 0 amide bonds. The van der Waals surface area contributed by atoms with Crippen LogP contribution in [0.15, 0.2) is 41.1 Å². The summed E-state index contributed by atoms with van der Waals surface area (Å²) in [5.74, 6) is 0.0132. The maximum absolute atomic E-state index is 13.7. The number of hydrogen-bond acceptors (Lipinski definition) is 6. The Kier molecular flexibility index (Phi) is 6.17. The van der Waals surface area contributed by atoms with Gasteiger partial charge in [-0.3, -0.25) is 15.1 Å². The third-order valence-corrected chi connectivity index (χ3v) is 6.64. The van der Waals surface area contributed by atoms with Gasteiger partial charge in [0.05, 0.1) is 28.5 Å². The molecule has 0 unspecified atom stereocenters. The maximum atomic E-state index is 13.7. The van der Waals surface area contributed by atoms with E-state index in [9.17, 15) is 9.50 Å². The fourth-order valence-corrected chi connectivity index (χ4v) is 4.01. The van der Waals surface area contributed by atoms with Crippen molar-refractivity contribution in [3.8, 4) is 11.1 Å². The fraction of sp³-hybridized carbons (Fsp3) is 0.318. The normalized spacial score (nSPS) is 14.8. The SMILES string of the molecule is Cc1nc(CNC2(CO)CCC2)c(Br)c(N)[nH]ncc1-c1cnc2ccc(F)cc2c1. The molecule has 3 aromatic rings. The number of halogens is 2. The number of nitrogens with two attached hydrogens (primary N) is 1. The van der Waals surface area contributed by atoms with Crippen molar-refractivity contribution < 1.29 is 9.50 Å². The molecule has 5 N–H and O–H groups in total. The predicted octanol–water partition coefficient (Wildman–Crippen LogP) is 3.94. The van der Waals surface area contributed by atoms with Gasteiger partial charge in [0.2, 0.25) is 0 Å². The Bertz CT molecular complexity index is 1170. The lowest BCUT2D eigenvalue weighted by molar-refractivity contribution is 0.0868. The molecule has 4 rings (SSSR count). The number of anilines is 1. The third-order valence-electron chi connectivity index (χ3n) is 5.76. The molecule has 31 heavy (non-hydrogen) atoms. The van der Waals surface area contributed by atoms with Gasteiger partial charge < -0.3 is 16.2 Å². The molecule has 0 bridgehead atoms. The van der Waals surface area contributed by atoms with Crippen molar-refractivity contribution in [3.63, 3.8) is 0 Å². The Morgan fingerprint density at radius 2 is 2.10 bits per heavy atom. The second kappa shape index (κ2) is 8.86. The number of aliphatic hydroxyl groups is 1. The van der Waals surface area contributed by atoms with E-state index in [1.807, 2.05) is 13.0 Å². The van der Waals surface area contributed by atoms with Crippen molar-refractivity contribution in [2.75, 3.05) is 12.3 Å². The average molecular weight is 487 g/mol. The number of fused-ring (bicyclic) bond motifs is 1. The molecule has 162 valence electrons. The summed E-state index contributed by atoms with van der Waals surface area (Å²) in [6, 6.07) is 6.35. The van der Waals surface area contributed by atoms with Gasteiger partial charge in [-0.25, -0.2) is 4.39 Å². The summed E-state index contributed by atoms with van der Waals surface area (Å²) < 4.78 is 14.3. The highest BCUT2D eigenvalue weighted by molar-refractivity contribution is 9.10. The van der Waals surface area contributed by atoms with Gasteiger partial charge in [-0.1, -0.05) is 0 Å². The number of aryl methyl sites for hydroxylation is 1. The summed E-state index contributed by atoms with van der Waals surface area (Å²) in [6.07, 6.45) is 6.29. The van der Waals surface area contributed by atoms with Gasteiger partial charge in [0.15, 0.2) is 0 Å². The average Bonchev–Trinajstić information content (AvgIpc) is 2.78. The van der Waals surface area contributed by atoms with Crippen LogP contribution in [-0.4, -0.2) is 37.4 Å². The van der Waals surface area contributed by atoms with Gasteiger partial charge in [-0.2, -0.15) is 5.10 Å². The summed E-state index contributed by atoms with van der Waals surface area (Å²) in [7, 11) is 0. The van der Waals surface area contributed by atoms with Crippen molar-refractivity contribution in [1.82, 2.24) is 25.5 Å². The van der Waals surface area contributed by atoms with Crippen molar-refractivity contribution in [2.45, 2.75) is 38.3 Å². The summed E-state index contributed by atoms with van der Waals surface area (Å²) in [5, 5.41) is 20.9. The number of aromatic amines is 1. The van der Waals surface area contributed by atoms with Crippen molar-refractivity contribution in [3.05, 3.63) is 58.3 Å². The first-order valence-corrected chi connectivity index (χ1v) is 10.8. The standard InChI is InChI=1S/C22H24BrFN6O/c1-13-17(15-7-14-8-16(24)3-4-18(14)26-9-15)10-28-30-21(25)20(23)19(29-13)11-27-22(12-31)5-2-6-22/h3-4,7-10,27,30-31H,2,5-6,11-12,25H2,1H3. The van der Waals surface area contributed by atoms with E-state index in [-0.39, 0.29) is 18.0 Å². The number of nitrogens with one attached hydrogen (secondary N) is 2. The second-order valence-corrected chi connectivity index (χ2v) is 8.65. The van der Waals surface area contributed by atoms with Crippen LogP contribution in [0, 0.1) is 12.7 Å². The first kappa shape index (κ1) is 21.6. The number of hydrogen-bond donors (Lipinski definition) is 4. The molecule has 1 saturated carbocycles. The lowest BCUT2D eigenvalue weighted by Crippen LogP contribution is -2.53. The highest BCUT2D eigenvalue weighted by Gasteiger charge is 2.35. The molecular formula is C22H24BrFN6O. The van der Waals surface area contributed by atoms with Crippen LogP contribution in [0.1, 0.15) is 30.7 Å². The molecule has 9 heteroatoms. The number of aromatic nitrogens is 4. The highest BCUT2D eigenvalue weighted by Crippen LogP contribution is 2.32. The Hall–Kier alpha value is -2.62. The van der Waals surface area contributed by atoms with E-state index >= 15 is 0 Å². The van der Waals surface area contributed by atoms with E-state index in [0.717, 1.165) is 30.4 Å². The van der Waals surface area contributed by atoms with E-state index < -0.39 is 0 Å². The second-order valence-electron chi connectivity index (χ2n) is 7.86. The van der Waals surface area contributed by atoms with Gasteiger partial charge in [-0.05, 0) is 66.4 Å². The number of aliphatic hydroxyl groups excluding tert-OH is 1. The zero-order valence-corrected chi connectivity index (χ0v) is 18.7. The number of nitrogens with zero attached hydrogens (tertiary/aromatic N) is 3. The lowest BCUT2D eigenvalue weighted by atomic mass is 9.77. The maximum Gasteiger partial charge on any atom is 0.133 e. The van der Waals surface area contributed by atoms with Crippen LogP contribution in [0.25, 0.3) is 22.0 Å². The van der Waals surface area contributed by atoms with Gasteiger partial charge in [0.1, 0.15) is 11.6 Å². The van der Waals surface area contributed by atoms with Crippen LogP contribution in [0.4, 0.5) is 10.2 Å². The molecule has 0 spiro atoms. The number of nitrogen functional groups attached to an aromatic ring is 1. The van der Waals surface area contributed by atoms with Gasteiger partial charge in [0, 0.05) is 40.5 Å². The summed E-state index contributed by atoms with van der Waals surface area (Å²) >= 11 is 3.52. The minimum Gasteiger partial charge on any atom is -0.394 e. The molecule has 2 aromatic heterocycles.